The Morgan fingerprint density at radius 1 is 1.17 bits per heavy atom. The number of halogens is 1. The van der Waals surface area contributed by atoms with Gasteiger partial charge in [0, 0.05) is 11.3 Å². The standard InChI is InChI=1S/C18H23N3O.HI/c1-3-11-22-17-12-14(2)9-10-15(17)13-20-18(19)21-16-7-5-4-6-8-16;/h4-10,12H,3,11,13H2,1-2H3,(H3,19,20,21);1H. The summed E-state index contributed by atoms with van der Waals surface area (Å²) >= 11 is 0. The summed E-state index contributed by atoms with van der Waals surface area (Å²) in [5, 5.41) is 3.07. The molecule has 0 radical (unpaired) electrons. The fraction of sp³-hybridized carbons (Fsp3) is 0.278. The summed E-state index contributed by atoms with van der Waals surface area (Å²) in [7, 11) is 0. The van der Waals surface area contributed by atoms with Gasteiger partial charge in [0.15, 0.2) is 5.96 Å². The van der Waals surface area contributed by atoms with E-state index in [0.717, 1.165) is 23.4 Å². The Labute approximate surface area is 155 Å². The third kappa shape index (κ3) is 6.48. The molecule has 0 saturated carbocycles. The van der Waals surface area contributed by atoms with Gasteiger partial charge in [-0.3, -0.25) is 0 Å². The van der Waals surface area contributed by atoms with Gasteiger partial charge in [0.2, 0.25) is 0 Å². The lowest BCUT2D eigenvalue weighted by molar-refractivity contribution is 0.314. The van der Waals surface area contributed by atoms with E-state index in [-0.39, 0.29) is 24.0 Å². The highest BCUT2D eigenvalue weighted by molar-refractivity contribution is 14.0. The molecule has 2 rings (SSSR count). The van der Waals surface area contributed by atoms with Gasteiger partial charge in [-0.25, -0.2) is 4.99 Å². The average Bonchev–Trinajstić information content (AvgIpc) is 2.53. The van der Waals surface area contributed by atoms with Crippen molar-refractivity contribution < 1.29 is 4.74 Å². The second-order valence-electron chi connectivity index (χ2n) is 5.15. The third-order valence-corrected chi connectivity index (χ3v) is 3.15. The Hall–Kier alpha value is -1.76. The fourth-order valence-electron chi connectivity index (χ4n) is 2.02. The number of hydrogen-bond acceptors (Lipinski definition) is 2. The second-order valence-corrected chi connectivity index (χ2v) is 5.15. The highest BCUT2D eigenvalue weighted by Crippen LogP contribution is 2.21. The number of hydrogen-bond donors (Lipinski definition) is 2. The first kappa shape index (κ1) is 19.3. The van der Waals surface area contributed by atoms with Crippen molar-refractivity contribution in [1.82, 2.24) is 0 Å². The van der Waals surface area contributed by atoms with Crippen LogP contribution >= 0.6 is 24.0 Å². The van der Waals surface area contributed by atoms with E-state index in [1.165, 1.54) is 5.56 Å². The van der Waals surface area contributed by atoms with Gasteiger partial charge in [0.25, 0.3) is 0 Å². The first-order valence-corrected chi connectivity index (χ1v) is 7.53. The van der Waals surface area contributed by atoms with E-state index in [9.17, 15) is 0 Å². The van der Waals surface area contributed by atoms with E-state index in [4.69, 9.17) is 10.5 Å². The molecule has 0 atom stereocenters. The number of rotatable bonds is 6. The van der Waals surface area contributed by atoms with Crippen LogP contribution in [0.5, 0.6) is 5.75 Å². The molecule has 0 heterocycles. The molecule has 124 valence electrons. The summed E-state index contributed by atoms with van der Waals surface area (Å²) in [5.74, 6) is 1.28. The maximum absolute atomic E-state index is 5.93. The Balaban J connectivity index is 0.00000264. The molecular weight excluding hydrogens is 401 g/mol. The molecule has 0 spiro atoms. The quantitative estimate of drug-likeness (QED) is 0.412. The minimum absolute atomic E-state index is 0. The normalized spacial score (nSPS) is 10.8. The number of aliphatic imine (C=N–C) groups is 1. The van der Waals surface area contributed by atoms with Gasteiger partial charge in [0.05, 0.1) is 13.2 Å². The SMILES string of the molecule is CCCOc1cc(C)ccc1CN=C(N)Nc1ccccc1.I. The van der Waals surface area contributed by atoms with Crippen molar-refractivity contribution in [2.45, 2.75) is 26.8 Å². The molecule has 0 fully saturated rings. The summed E-state index contributed by atoms with van der Waals surface area (Å²) in [6.07, 6.45) is 0.981. The second kappa shape index (κ2) is 10.1. The summed E-state index contributed by atoms with van der Waals surface area (Å²) in [6.45, 7) is 5.34. The Kier molecular flexibility index (Phi) is 8.47. The minimum atomic E-state index is 0. The van der Waals surface area contributed by atoms with Gasteiger partial charge in [-0.05, 0) is 37.1 Å². The van der Waals surface area contributed by atoms with Crippen LogP contribution < -0.4 is 15.8 Å². The predicted octanol–water partition coefficient (Wildman–Crippen LogP) is 4.33. The lowest BCUT2D eigenvalue weighted by atomic mass is 10.1. The molecule has 0 aliphatic carbocycles. The predicted molar refractivity (Wildman–Crippen MR) is 108 cm³/mol. The zero-order valence-electron chi connectivity index (χ0n) is 13.6. The molecule has 5 heteroatoms. The number of para-hydroxylation sites is 1. The number of guanidine groups is 1. The summed E-state index contributed by atoms with van der Waals surface area (Å²) in [6, 6.07) is 15.9. The lowest BCUT2D eigenvalue weighted by Gasteiger charge is -2.11. The van der Waals surface area contributed by atoms with Crippen molar-refractivity contribution in [2.75, 3.05) is 11.9 Å². The number of aryl methyl sites for hydroxylation is 1. The van der Waals surface area contributed by atoms with Crippen LogP contribution in [0.1, 0.15) is 24.5 Å². The van der Waals surface area contributed by atoms with Gasteiger partial charge in [-0.15, -0.1) is 24.0 Å². The third-order valence-electron chi connectivity index (χ3n) is 3.15. The highest BCUT2D eigenvalue weighted by atomic mass is 127. The molecule has 0 amide bonds. The number of benzene rings is 2. The molecular formula is C18H24IN3O. The fourth-order valence-corrected chi connectivity index (χ4v) is 2.02. The Bertz CT molecular complexity index is 629. The minimum Gasteiger partial charge on any atom is -0.493 e. The van der Waals surface area contributed by atoms with Gasteiger partial charge in [0.1, 0.15) is 5.75 Å². The molecule has 4 nitrogen and oxygen atoms in total. The van der Waals surface area contributed by atoms with Crippen molar-refractivity contribution >= 4 is 35.6 Å². The summed E-state index contributed by atoms with van der Waals surface area (Å²) in [4.78, 5) is 4.39. The van der Waals surface area contributed by atoms with Crippen molar-refractivity contribution in [3.63, 3.8) is 0 Å². The van der Waals surface area contributed by atoms with E-state index in [2.05, 4.69) is 30.2 Å². The van der Waals surface area contributed by atoms with Crippen molar-refractivity contribution in [3.8, 4) is 5.75 Å². The van der Waals surface area contributed by atoms with Crippen LogP contribution in [0.2, 0.25) is 0 Å². The highest BCUT2D eigenvalue weighted by Gasteiger charge is 2.04. The zero-order valence-corrected chi connectivity index (χ0v) is 15.9. The van der Waals surface area contributed by atoms with Gasteiger partial charge in [-0.2, -0.15) is 0 Å². The van der Waals surface area contributed by atoms with E-state index in [0.29, 0.717) is 19.1 Å². The maximum atomic E-state index is 5.93. The maximum Gasteiger partial charge on any atom is 0.193 e. The van der Waals surface area contributed by atoms with Crippen LogP contribution in [-0.2, 0) is 6.54 Å². The zero-order chi connectivity index (χ0) is 15.8. The number of nitrogens with one attached hydrogen (secondary N) is 1. The first-order valence-electron chi connectivity index (χ1n) is 7.53. The molecule has 2 aromatic rings. The van der Waals surface area contributed by atoms with Crippen LogP contribution in [0.3, 0.4) is 0 Å². The molecule has 23 heavy (non-hydrogen) atoms. The van der Waals surface area contributed by atoms with E-state index < -0.39 is 0 Å². The first-order chi connectivity index (χ1) is 10.7. The topological polar surface area (TPSA) is 59.6 Å². The van der Waals surface area contributed by atoms with Crippen LogP contribution in [0.15, 0.2) is 53.5 Å². The van der Waals surface area contributed by atoms with Crippen LogP contribution in [0, 0.1) is 6.92 Å². The summed E-state index contributed by atoms with van der Waals surface area (Å²) in [5.41, 5.74) is 9.07. The Morgan fingerprint density at radius 2 is 1.91 bits per heavy atom. The molecule has 2 aromatic carbocycles. The van der Waals surface area contributed by atoms with Crippen molar-refractivity contribution in [2.24, 2.45) is 10.7 Å². The lowest BCUT2D eigenvalue weighted by Crippen LogP contribution is -2.22. The van der Waals surface area contributed by atoms with Gasteiger partial charge < -0.3 is 15.8 Å². The molecule has 3 N–H and O–H groups in total. The molecule has 0 unspecified atom stereocenters. The molecule has 0 bridgehead atoms. The summed E-state index contributed by atoms with van der Waals surface area (Å²) < 4.78 is 5.79. The van der Waals surface area contributed by atoms with Gasteiger partial charge in [-0.1, -0.05) is 37.3 Å². The molecule has 0 aliphatic rings. The number of nitrogens with two attached hydrogens (primary N) is 1. The average molecular weight is 425 g/mol. The number of ether oxygens (including phenoxy) is 1. The number of nitrogens with zero attached hydrogens (tertiary/aromatic N) is 1. The largest absolute Gasteiger partial charge is 0.493 e. The monoisotopic (exact) mass is 425 g/mol. The number of anilines is 1. The van der Waals surface area contributed by atoms with Gasteiger partial charge >= 0.3 is 0 Å². The van der Waals surface area contributed by atoms with E-state index >= 15 is 0 Å². The van der Waals surface area contributed by atoms with Crippen molar-refractivity contribution in [3.05, 3.63) is 59.7 Å². The van der Waals surface area contributed by atoms with Crippen LogP contribution in [-0.4, -0.2) is 12.6 Å². The van der Waals surface area contributed by atoms with E-state index in [1.54, 1.807) is 0 Å². The Morgan fingerprint density at radius 3 is 2.61 bits per heavy atom. The smallest absolute Gasteiger partial charge is 0.193 e. The van der Waals surface area contributed by atoms with Crippen molar-refractivity contribution in [1.29, 1.82) is 0 Å². The van der Waals surface area contributed by atoms with Crippen LogP contribution in [0.4, 0.5) is 5.69 Å². The molecule has 0 aromatic heterocycles. The van der Waals surface area contributed by atoms with E-state index in [1.807, 2.05) is 42.5 Å². The van der Waals surface area contributed by atoms with Crippen LogP contribution in [0.25, 0.3) is 0 Å². The molecule has 0 saturated heterocycles. The molecule has 0 aliphatic heterocycles.